The molecule has 0 bridgehead atoms. The lowest BCUT2D eigenvalue weighted by Gasteiger charge is -2.17. The van der Waals surface area contributed by atoms with Gasteiger partial charge in [0.05, 0.1) is 5.92 Å². The molecule has 1 aromatic rings. The van der Waals surface area contributed by atoms with Gasteiger partial charge in [0.25, 0.3) is 0 Å². The summed E-state index contributed by atoms with van der Waals surface area (Å²) in [6, 6.07) is 0. The smallest absolute Gasteiger partial charge is 0.311 e. The van der Waals surface area contributed by atoms with E-state index in [0.717, 1.165) is 16.8 Å². The van der Waals surface area contributed by atoms with E-state index >= 15 is 0 Å². The first-order valence-corrected chi connectivity index (χ1v) is 4.82. The molecule has 0 radical (unpaired) electrons. The molecular weight excluding hydrogens is 178 g/mol. The number of carboxylic acid groups (broad SMARTS) is 1. The van der Waals surface area contributed by atoms with E-state index in [0.29, 0.717) is 0 Å². The van der Waals surface area contributed by atoms with Crippen LogP contribution >= 0.6 is 0 Å². The molecule has 1 rings (SSSR count). The second-order valence-electron chi connectivity index (χ2n) is 4.07. The molecule has 0 fully saturated rings. The molecule has 0 aromatic carbocycles. The summed E-state index contributed by atoms with van der Waals surface area (Å²) in [5.41, 5.74) is 2.93. The molecular formula is C11H17NO2. The van der Waals surface area contributed by atoms with Gasteiger partial charge in [-0.3, -0.25) is 4.79 Å². The first-order valence-electron chi connectivity index (χ1n) is 4.82. The van der Waals surface area contributed by atoms with Crippen molar-refractivity contribution in [3.63, 3.8) is 0 Å². The lowest BCUT2D eigenvalue weighted by Crippen LogP contribution is -2.18. The van der Waals surface area contributed by atoms with Crippen molar-refractivity contribution in [1.82, 2.24) is 4.98 Å². The Morgan fingerprint density at radius 1 is 1.43 bits per heavy atom. The quantitative estimate of drug-likeness (QED) is 0.778. The van der Waals surface area contributed by atoms with Gasteiger partial charge in [-0.25, -0.2) is 0 Å². The SMILES string of the molecule is Cc1c[nH]c(C)c1C(C(=O)O)C(C)C. The van der Waals surface area contributed by atoms with Crippen molar-refractivity contribution in [2.24, 2.45) is 5.92 Å². The molecule has 1 aromatic heterocycles. The van der Waals surface area contributed by atoms with E-state index in [9.17, 15) is 4.79 Å². The van der Waals surface area contributed by atoms with Gasteiger partial charge in [0.2, 0.25) is 0 Å². The highest BCUT2D eigenvalue weighted by molar-refractivity contribution is 5.77. The molecule has 1 heterocycles. The summed E-state index contributed by atoms with van der Waals surface area (Å²) < 4.78 is 0. The van der Waals surface area contributed by atoms with Gasteiger partial charge in [-0.2, -0.15) is 0 Å². The number of hydrogen-bond donors (Lipinski definition) is 2. The fraction of sp³-hybridized carbons (Fsp3) is 0.545. The van der Waals surface area contributed by atoms with Crippen molar-refractivity contribution in [3.05, 3.63) is 23.0 Å². The van der Waals surface area contributed by atoms with E-state index in [1.54, 1.807) is 0 Å². The number of carbonyl (C=O) groups is 1. The third kappa shape index (κ3) is 1.81. The average Bonchev–Trinajstić information content (AvgIpc) is 2.34. The van der Waals surface area contributed by atoms with Crippen LogP contribution in [0.3, 0.4) is 0 Å². The Kier molecular flexibility index (Phi) is 2.99. The standard InChI is InChI=1S/C11H17NO2/c1-6(2)9(11(13)14)10-7(3)5-12-8(10)4/h5-6,9,12H,1-4H3,(H,13,14). The summed E-state index contributed by atoms with van der Waals surface area (Å²) in [4.78, 5) is 14.2. The number of carboxylic acids is 1. The molecule has 0 aliphatic heterocycles. The summed E-state index contributed by atoms with van der Waals surface area (Å²) in [6.45, 7) is 7.73. The minimum absolute atomic E-state index is 0.112. The van der Waals surface area contributed by atoms with Crippen LogP contribution in [0.25, 0.3) is 0 Å². The molecule has 0 amide bonds. The van der Waals surface area contributed by atoms with Gasteiger partial charge in [0, 0.05) is 11.9 Å². The van der Waals surface area contributed by atoms with Crippen molar-refractivity contribution in [2.45, 2.75) is 33.6 Å². The number of nitrogens with one attached hydrogen (secondary N) is 1. The third-order valence-electron chi connectivity index (χ3n) is 2.58. The number of aryl methyl sites for hydroxylation is 2. The number of aromatic amines is 1. The summed E-state index contributed by atoms with van der Waals surface area (Å²) in [5.74, 6) is -1.03. The summed E-state index contributed by atoms with van der Waals surface area (Å²) in [5, 5.41) is 9.15. The Morgan fingerprint density at radius 3 is 2.29 bits per heavy atom. The fourth-order valence-electron chi connectivity index (χ4n) is 1.89. The van der Waals surface area contributed by atoms with Crippen LogP contribution in [-0.2, 0) is 4.79 Å². The molecule has 0 aliphatic carbocycles. The van der Waals surface area contributed by atoms with Crippen molar-refractivity contribution >= 4 is 5.97 Å². The maximum Gasteiger partial charge on any atom is 0.311 e. The van der Waals surface area contributed by atoms with Gasteiger partial charge >= 0.3 is 5.97 Å². The van der Waals surface area contributed by atoms with Crippen LogP contribution in [0, 0.1) is 19.8 Å². The predicted octanol–water partition coefficient (Wildman–Crippen LogP) is 2.46. The Labute approximate surface area is 84.2 Å². The van der Waals surface area contributed by atoms with Crippen LogP contribution in [0.2, 0.25) is 0 Å². The molecule has 0 saturated heterocycles. The fourth-order valence-corrected chi connectivity index (χ4v) is 1.89. The first kappa shape index (κ1) is 10.8. The summed E-state index contributed by atoms with van der Waals surface area (Å²) in [7, 11) is 0. The highest BCUT2D eigenvalue weighted by atomic mass is 16.4. The number of aromatic nitrogens is 1. The molecule has 1 unspecified atom stereocenters. The van der Waals surface area contributed by atoms with Crippen molar-refractivity contribution in [3.8, 4) is 0 Å². The topological polar surface area (TPSA) is 53.1 Å². The van der Waals surface area contributed by atoms with Crippen LogP contribution < -0.4 is 0 Å². The second-order valence-corrected chi connectivity index (χ2v) is 4.07. The molecule has 0 spiro atoms. The molecule has 1 atom stereocenters. The second kappa shape index (κ2) is 3.86. The van der Waals surface area contributed by atoms with Crippen molar-refractivity contribution in [2.75, 3.05) is 0 Å². The van der Waals surface area contributed by atoms with Crippen LogP contribution in [0.5, 0.6) is 0 Å². The minimum atomic E-state index is -0.745. The third-order valence-corrected chi connectivity index (χ3v) is 2.58. The Balaban J connectivity index is 3.17. The maximum atomic E-state index is 11.1. The van der Waals surface area contributed by atoms with Gasteiger partial charge in [0.15, 0.2) is 0 Å². The zero-order valence-corrected chi connectivity index (χ0v) is 9.09. The van der Waals surface area contributed by atoms with Crippen LogP contribution in [0.1, 0.15) is 36.6 Å². The predicted molar refractivity (Wildman–Crippen MR) is 55.5 cm³/mol. The number of hydrogen-bond acceptors (Lipinski definition) is 1. The zero-order valence-electron chi connectivity index (χ0n) is 9.09. The lowest BCUT2D eigenvalue weighted by atomic mass is 9.87. The molecule has 0 saturated carbocycles. The molecule has 78 valence electrons. The molecule has 3 heteroatoms. The van der Waals surface area contributed by atoms with Gasteiger partial charge in [-0.15, -0.1) is 0 Å². The highest BCUT2D eigenvalue weighted by Crippen LogP contribution is 2.29. The van der Waals surface area contributed by atoms with Crippen LogP contribution in [0.4, 0.5) is 0 Å². The van der Waals surface area contributed by atoms with Crippen molar-refractivity contribution in [1.29, 1.82) is 0 Å². The number of H-pyrrole nitrogens is 1. The Bertz CT molecular complexity index is 320. The van der Waals surface area contributed by atoms with E-state index in [-0.39, 0.29) is 5.92 Å². The molecule has 0 aliphatic rings. The maximum absolute atomic E-state index is 11.1. The van der Waals surface area contributed by atoms with E-state index < -0.39 is 11.9 Å². The Morgan fingerprint density at radius 2 is 2.00 bits per heavy atom. The normalized spacial score (nSPS) is 13.2. The van der Waals surface area contributed by atoms with Crippen LogP contribution in [0.15, 0.2) is 6.20 Å². The van der Waals surface area contributed by atoms with Crippen LogP contribution in [-0.4, -0.2) is 16.1 Å². The Hall–Kier alpha value is -1.25. The largest absolute Gasteiger partial charge is 0.481 e. The summed E-state index contributed by atoms with van der Waals surface area (Å²) >= 11 is 0. The summed E-state index contributed by atoms with van der Waals surface area (Å²) in [6.07, 6.45) is 1.86. The van der Waals surface area contributed by atoms with E-state index in [1.165, 1.54) is 0 Å². The molecule has 14 heavy (non-hydrogen) atoms. The number of rotatable bonds is 3. The molecule has 2 N–H and O–H groups in total. The number of aliphatic carboxylic acids is 1. The molecule has 3 nitrogen and oxygen atoms in total. The van der Waals surface area contributed by atoms with Gasteiger partial charge < -0.3 is 10.1 Å². The van der Waals surface area contributed by atoms with E-state index in [4.69, 9.17) is 5.11 Å². The average molecular weight is 195 g/mol. The zero-order chi connectivity index (χ0) is 10.9. The van der Waals surface area contributed by atoms with E-state index in [2.05, 4.69) is 4.98 Å². The lowest BCUT2D eigenvalue weighted by molar-refractivity contribution is -0.139. The first-order chi connectivity index (χ1) is 6.45. The van der Waals surface area contributed by atoms with E-state index in [1.807, 2.05) is 33.9 Å². The van der Waals surface area contributed by atoms with Gasteiger partial charge in [-0.05, 0) is 30.9 Å². The highest BCUT2D eigenvalue weighted by Gasteiger charge is 2.27. The van der Waals surface area contributed by atoms with Crippen molar-refractivity contribution < 1.29 is 9.90 Å². The minimum Gasteiger partial charge on any atom is -0.481 e. The van der Waals surface area contributed by atoms with Gasteiger partial charge in [-0.1, -0.05) is 13.8 Å². The monoisotopic (exact) mass is 195 g/mol. The van der Waals surface area contributed by atoms with Gasteiger partial charge in [0.1, 0.15) is 0 Å².